The van der Waals surface area contributed by atoms with Gasteiger partial charge in [0.2, 0.25) is 0 Å². The molecule has 138 valence electrons. The zero-order chi connectivity index (χ0) is 19.0. The summed E-state index contributed by atoms with van der Waals surface area (Å²) < 4.78 is 10.3. The molecular weight excluding hydrogens is 332 g/mol. The lowest BCUT2D eigenvalue weighted by atomic mass is 10.2. The Kier molecular flexibility index (Phi) is 6.60. The van der Waals surface area contributed by atoms with Gasteiger partial charge in [-0.2, -0.15) is 0 Å². The van der Waals surface area contributed by atoms with Gasteiger partial charge in [-0.3, -0.25) is 5.32 Å². The van der Waals surface area contributed by atoms with E-state index in [0.29, 0.717) is 12.2 Å². The highest BCUT2D eigenvalue weighted by Crippen LogP contribution is 2.11. The Morgan fingerprint density at radius 2 is 1.54 bits per heavy atom. The molecule has 0 atom stereocenters. The van der Waals surface area contributed by atoms with Crippen LogP contribution < -0.4 is 10.6 Å². The van der Waals surface area contributed by atoms with Crippen molar-refractivity contribution in [2.75, 3.05) is 5.32 Å². The van der Waals surface area contributed by atoms with Crippen LogP contribution in [0.4, 0.5) is 15.3 Å². The molecule has 26 heavy (non-hydrogen) atoms. The number of carbonyl (C=O) groups is 2. The van der Waals surface area contributed by atoms with Gasteiger partial charge < -0.3 is 14.8 Å². The first-order valence-corrected chi connectivity index (χ1v) is 8.35. The van der Waals surface area contributed by atoms with E-state index in [9.17, 15) is 9.59 Å². The standard InChI is InChI=1S/C20H24N2O4/c1-20(2,3)26-18(23)21-13-15-9-11-17(12-10-15)22-19(24)25-14-16-7-5-4-6-8-16/h4-12H,13-14H2,1-3H3,(H,21,23)(H,22,24). The molecule has 2 aromatic carbocycles. The lowest BCUT2D eigenvalue weighted by Gasteiger charge is -2.19. The Labute approximate surface area is 153 Å². The van der Waals surface area contributed by atoms with Crippen molar-refractivity contribution >= 4 is 17.9 Å². The molecule has 0 aliphatic heterocycles. The minimum atomic E-state index is -0.530. The molecule has 6 nitrogen and oxygen atoms in total. The van der Waals surface area contributed by atoms with Crippen LogP contribution in [0.25, 0.3) is 0 Å². The largest absolute Gasteiger partial charge is 0.444 e. The van der Waals surface area contributed by atoms with Crippen molar-refractivity contribution in [3.05, 3.63) is 65.7 Å². The van der Waals surface area contributed by atoms with E-state index in [0.717, 1.165) is 11.1 Å². The fourth-order valence-corrected chi connectivity index (χ4v) is 2.07. The lowest BCUT2D eigenvalue weighted by molar-refractivity contribution is 0.0523. The van der Waals surface area contributed by atoms with Crippen LogP contribution in [0.1, 0.15) is 31.9 Å². The van der Waals surface area contributed by atoms with Gasteiger partial charge in [0.1, 0.15) is 12.2 Å². The summed E-state index contributed by atoms with van der Waals surface area (Å²) in [7, 11) is 0. The Bertz CT molecular complexity index is 722. The topological polar surface area (TPSA) is 76.7 Å². The van der Waals surface area contributed by atoms with Gasteiger partial charge in [0.15, 0.2) is 0 Å². The highest BCUT2D eigenvalue weighted by atomic mass is 16.6. The molecule has 0 saturated heterocycles. The summed E-state index contributed by atoms with van der Waals surface area (Å²) in [5.74, 6) is 0. The average molecular weight is 356 g/mol. The van der Waals surface area contributed by atoms with Gasteiger partial charge in [-0.25, -0.2) is 9.59 Å². The summed E-state index contributed by atoms with van der Waals surface area (Å²) in [5.41, 5.74) is 1.90. The summed E-state index contributed by atoms with van der Waals surface area (Å²) in [6.07, 6.45) is -0.988. The third-order valence-corrected chi connectivity index (χ3v) is 3.25. The van der Waals surface area contributed by atoms with Crippen LogP contribution in [0.15, 0.2) is 54.6 Å². The van der Waals surface area contributed by atoms with Gasteiger partial charge in [0.05, 0.1) is 0 Å². The zero-order valence-electron chi connectivity index (χ0n) is 15.2. The number of hydrogen-bond acceptors (Lipinski definition) is 4. The summed E-state index contributed by atoms with van der Waals surface area (Å²) in [6.45, 7) is 5.98. The fourth-order valence-electron chi connectivity index (χ4n) is 2.07. The maximum Gasteiger partial charge on any atom is 0.411 e. The predicted molar refractivity (Wildman–Crippen MR) is 99.8 cm³/mol. The number of hydrogen-bond donors (Lipinski definition) is 2. The normalized spacial score (nSPS) is 10.7. The summed E-state index contributed by atoms with van der Waals surface area (Å²) in [5, 5.41) is 5.34. The van der Waals surface area contributed by atoms with Gasteiger partial charge in [0, 0.05) is 12.2 Å². The summed E-state index contributed by atoms with van der Waals surface area (Å²) >= 11 is 0. The third-order valence-electron chi connectivity index (χ3n) is 3.25. The van der Waals surface area contributed by atoms with Gasteiger partial charge >= 0.3 is 12.2 Å². The molecule has 0 radical (unpaired) electrons. The van der Waals surface area contributed by atoms with Crippen LogP contribution in [-0.4, -0.2) is 17.8 Å². The van der Waals surface area contributed by atoms with Crippen LogP contribution in [-0.2, 0) is 22.6 Å². The van der Waals surface area contributed by atoms with Gasteiger partial charge in [-0.05, 0) is 44.0 Å². The highest BCUT2D eigenvalue weighted by molar-refractivity contribution is 5.84. The summed E-state index contributed by atoms with van der Waals surface area (Å²) in [4.78, 5) is 23.4. The molecule has 0 aliphatic rings. The van der Waals surface area contributed by atoms with Gasteiger partial charge in [-0.15, -0.1) is 0 Å². The van der Waals surface area contributed by atoms with Crippen molar-refractivity contribution in [1.29, 1.82) is 0 Å². The molecule has 0 aromatic heterocycles. The Balaban J connectivity index is 1.76. The number of amides is 2. The molecule has 0 bridgehead atoms. The second-order valence-electron chi connectivity index (χ2n) is 6.74. The van der Waals surface area contributed by atoms with Crippen LogP contribution in [0.3, 0.4) is 0 Å². The van der Waals surface area contributed by atoms with E-state index in [1.807, 2.05) is 63.2 Å². The maximum absolute atomic E-state index is 11.8. The zero-order valence-corrected chi connectivity index (χ0v) is 15.2. The Morgan fingerprint density at radius 1 is 0.885 bits per heavy atom. The van der Waals surface area contributed by atoms with Crippen molar-refractivity contribution in [2.45, 2.75) is 39.5 Å². The Morgan fingerprint density at radius 3 is 2.15 bits per heavy atom. The molecule has 0 saturated carbocycles. The fraction of sp³-hybridized carbons (Fsp3) is 0.300. The molecule has 0 unspecified atom stereocenters. The maximum atomic E-state index is 11.8. The number of ether oxygens (including phenoxy) is 2. The second-order valence-corrected chi connectivity index (χ2v) is 6.74. The SMILES string of the molecule is CC(C)(C)OC(=O)NCc1ccc(NC(=O)OCc2ccccc2)cc1. The molecule has 2 rings (SSSR count). The molecule has 6 heteroatoms. The van der Waals surface area contributed by atoms with E-state index < -0.39 is 17.8 Å². The van der Waals surface area contributed by atoms with E-state index in [2.05, 4.69) is 10.6 Å². The number of alkyl carbamates (subject to hydrolysis) is 1. The van der Waals surface area contributed by atoms with Crippen LogP contribution in [0.5, 0.6) is 0 Å². The first-order valence-electron chi connectivity index (χ1n) is 8.35. The van der Waals surface area contributed by atoms with E-state index in [-0.39, 0.29) is 6.61 Å². The molecule has 0 spiro atoms. The number of rotatable bonds is 5. The van der Waals surface area contributed by atoms with Gasteiger partial charge in [0.25, 0.3) is 0 Å². The van der Waals surface area contributed by atoms with Crippen LogP contribution in [0.2, 0.25) is 0 Å². The third kappa shape index (κ3) is 7.25. The molecular formula is C20H24N2O4. The first kappa shape index (κ1) is 19.3. The molecule has 2 aromatic rings. The average Bonchev–Trinajstić information content (AvgIpc) is 2.59. The predicted octanol–water partition coefficient (Wildman–Crippen LogP) is 4.46. The van der Waals surface area contributed by atoms with Gasteiger partial charge in [-0.1, -0.05) is 42.5 Å². The smallest absolute Gasteiger partial charge is 0.411 e. The quantitative estimate of drug-likeness (QED) is 0.829. The second kappa shape index (κ2) is 8.89. The van der Waals surface area contributed by atoms with Crippen molar-refractivity contribution in [2.24, 2.45) is 0 Å². The monoisotopic (exact) mass is 356 g/mol. The summed E-state index contributed by atoms with van der Waals surface area (Å²) in [6, 6.07) is 16.6. The number of benzene rings is 2. The van der Waals surface area contributed by atoms with Crippen molar-refractivity contribution < 1.29 is 19.1 Å². The first-order chi connectivity index (χ1) is 12.3. The minimum Gasteiger partial charge on any atom is -0.444 e. The molecule has 0 heterocycles. The van der Waals surface area contributed by atoms with E-state index in [1.165, 1.54) is 0 Å². The molecule has 2 N–H and O–H groups in total. The number of anilines is 1. The van der Waals surface area contributed by atoms with Crippen molar-refractivity contribution in [3.8, 4) is 0 Å². The Hall–Kier alpha value is -3.02. The van der Waals surface area contributed by atoms with Crippen LogP contribution >= 0.6 is 0 Å². The van der Waals surface area contributed by atoms with Crippen molar-refractivity contribution in [1.82, 2.24) is 5.32 Å². The van der Waals surface area contributed by atoms with E-state index in [4.69, 9.17) is 9.47 Å². The molecule has 2 amide bonds. The number of carbonyl (C=O) groups excluding carboxylic acids is 2. The number of nitrogens with one attached hydrogen (secondary N) is 2. The lowest BCUT2D eigenvalue weighted by Crippen LogP contribution is -2.32. The molecule has 0 fully saturated rings. The van der Waals surface area contributed by atoms with E-state index in [1.54, 1.807) is 12.1 Å². The molecule has 0 aliphatic carbocycles. The van der Waals surface area contributed by atoms with E-state index >= 15 is 0 Å². The minimum absolute atomic E-state index is 0.213. The highest BCUT2D eigenvalue weighted by Gasteiger charge is 2.15. The van der Waals surface area contributed by atoms with Crippen LogP contribution in [0, 0.1) is 0 Å². The van der Waals surface area contributed by atoms with Crippen molar-refractivity contribution in [3.63, 3.8) is 0 Å².